The number of thioether (sulfide) groups is 1. The SMILES string of the molecule is Cn1ncc(Cl)c1C(N)C1CCCCS1. The van der Waals surface area contributed by atoms with Gasteiger partial charge in [-0.1, -0.05) is 18.0 Å². The molecule has 2 atom stereocenters. The van der Waals surface area contributed by atoms with Crippen LogP contribution in [-0.2, 0) is 7.05 Å². The topological polar surface area (TPSA) is 43.8 Å². The molecule has 0 radical (unpaired) electrons. The molecule has 84 valence electrons. The van der Waals surface area contributed by atoms with Crippen molar-refractivity contribution in [2.45, 2.75) is 30.6 Å². The average Bonchev–Trinajstić information content (AvgIpc) is 2.59. The van der Waals surface area contributed by atoms with Gasteiger partial charge in [-0.3, -0.25) is 4.68 Å². The van der Waals surface area contributed by atoms with E-state index in [0.29, 0.717) is 10.3 Å². The molecule has 0 saturated carbocycles. The Bertz CT molecular complexity index is 314. The Kier molecular flexibility index (Phi) is 3.59. The molecule has 1 aromatic heterocycles. The third-order valence-electron chi connectivity index (χ3n) is 2.87. The highest BCUT2D eigenvalue weighted by Crippen LogP contribution is 2.35. The molecule has 2 heterocycles. The van der Waals surface area contributed by atoms with E-state index >= 15 is 0 Å². The zero-order chi connectivity index (χ0) is 10.8. The van der Waals surface area contributed by atoms with Gasteiger partial charge in [-0.05, 0) is 18.6 Å². The van der Waals surface area contributed by atoms with Gasteiger partial charge in [0.2, 0.25) is 0 Å². The number of aryl methyl sites for hydroxylation is 1. The second kappa shape index (κ2) is 4.76. The molecule has 1 saturated heterocycles. The highest BCUT2D eigenvalue weighted by Gasteiger charge is 2.26. The fourth-order valence-electron chi connectivity index (χ4n) is 2.02. The maximum atomic E-state index is 6.25. The molecular weight excluding hydrogens is 230 g/mol. The Labute approximate surface area is 99.4 Å². The fourth-order valence-corrected chi connectivity index (χ4v) is 3.66. The molecule has 2 rings (SSSR count). The predicted molar refractivity (Wildman–Crippen MR) is 65.2 cm³/mol. The van der Waals surface area contributed by atoms with Crippen LogP contribution in [-0.4, -0.2) is 20.8 Å². The van der Waals surface area contributed by atoms with E-state index in [0.717, 1.165) is 5.69 Å². The van der Waals surface area contributed by atoms with E-state index in [-0.39, 0.29) is 6.04 Å². The minimum Gasteiger partial charge on any atom is -0.322 e. The van der Waals surface area contributed by atoms with E-state index in [4.69, 9.17) is 17.3 Å². The summed E-state index contributed by atoms with van der Waals surface area (Å²) in [7, 11) is 1.90. The van der Waals surface area contributed by atoms with Crippen LogP contribution in [0.5, 0.6) is 0 Å². The first-order valence-electron chi connectivity index (χ1n) is 5.24. The van der Waals surface area contributed by atoms with Gasteiger partial charge >= 0.3 is 0 Å². The standard InChI is InChI=1S/C10H16ClN3S/c1-14-10(7(11)6-13-14)9(12)8-4-2-3-5-15-8/h6,8-9H,2-5,12H2,1H3. The lowest BCUT2D eigenvalue weighted by Gasteiger charge is -2.27. The van der Waals surface area contributed by atoms with Crippen molar-refractivity contribution in [2.75, 3.05) is 5.75 Å². The van der Waals surface area contributed by atoms with Gasteiger partial charge in [0.15, 0.2) is 0 Å². The minimum absolute atomic E-state index is 0.00954. The Morgan fingerprint density at radius 2 is 2.47 bits per heavy atom. The van der Waals surface area contributed by atoms with E-state index in [9.17, 15) is 0 Å². The molecule has 3 nitrogen and oxygen atoms in total. The zero-order valence-electron chi connectivity index (χ0n) is 8.82. The zero-order valence-corrected chi connectivity index (χ0v) is 10.4. The molecule has 0 aromatic carbocycles. The monoisotopic (exact) mass is 245 g/mol. The molecule has 0 aliphatic carbocycles. The molecule has 1 fully saturated rings. The van der Waals surface area contributed by atoms with Crippen LogP contribution in [0.2, 0.25) is 5.02 Å². The van der Waals surface area contributed by atoms with Crippen molar-refractivity contribution in [1.82, 2.24) is 9.78 Å². The van der Waals surface area contributed by atoms with Crippen LogP contribution in [0.3, 0.4) is 0 Å². The summed E-state index contributed by atoms with van der Waals surface area (Å²) in [4.78, 5) is 0. The highest BCUT2D eigenvalue weighted by atomic mass is 35.5. The molecule has 1 aliphatic rings. The van der Waals surface area contributed by atoms with E-state index in [2.05, 4.69) is 5.10 Å². The maximum Gasteiger partial charge on any atom is 0.0834 e. The Morgan fingerprint density at radius 3 is 3.00 bits per heavy atom. The van der Waals surface area contributed by atoms with Crippen molar-refractivity contribution >= 4 is 23.4 Å². The Hall–Kier alpha value is -0.190. The van der Waals surface area contributed by atoms with Crippen molar-refractivity contribution < 1.29 is 0 Å². The van der Waals surface area contributed by atoms with Gasteiger partial charge in [0.25, 0.3) is 0 Å². The molecular formula is C10H16ClN3S. The second-order valence-electron chi connectivity index (χ2n) is 3.93. The highest BCUT2D eigenvalue weighted by molar-refractivity contribution is 8.00. The number of nitrogens with zero attached hydrogens (tertiary/aromatic N) is 2. The summed E-state index contributed by atoms with van der Waals surface area (Å²) in [6, 6.07) is 0.00954. The smallest absolute Gasteiger partial charge is 0.0834 e. The Morgan fingerprint density at radius 1 is 1.67 bits per heavy atom. The largest absolute Gasteiger partial charge is 0.322 e. The Balaban J connectivity index is 2.15. The predicted octanol–water partition coefficient (Wildman–Crippen LogP) is 2.36. The average molecular weight is 246 g/mol. The van der Waals surface area contributed by atoms with Crippen LogP contribution in [0, 0.1) is 0 Å². The van der Waals surface area contributed by atoms with Gasteiger partial charge in [-0.25, -0.2) is 0 Å². The molecule has 1 aliphatic heterocycles. The third-order valence-corrected chi connectivity index (χ3v) is 4.64. The first kappa shape index (κ1) is 11.3. The fraction of sp³-hybridized carbons (Fsp3) is 0.700. The molecule has 2 N–H and O–H groups in total. The molecule has 5 heteroatoms. The number of hydrogen-bond acceptors (Lipinski definition) is 3. The lowest BCUT2D eigenvalue weighted by molar-refractivity contribution is 0.545. The van der Waals surface area contributed by atoms with Crippen LogP contribution in [0.4, 0.5) is 0 Å². The lowest BCUT2D eigenvalue weighted by Crippen LogP contribution is -2.28. The van der Waals surface area contributed by atoms with Crippen molar-refractivity contribution in [3.8, 4) is 0 Å². The summed E-state index contributed by atoms with van der Waals surface area (Å²) in [5.41, 5.74) is 7.22. The normalized spacial score (nSPS) is 24.1. The van der Waals surface area contributed by atoms with Crippen LogP contribution in [0.15, 0.2) is 6.20 Å². The summed E-state index contributed by atoms with van der Waals surface area (Å²) in [6.45, 7) is 0. The van der Waals surface area contributed by atoms with Crippen molar-refractivity contribution in [1.29, 1.82) is 0 Å². The van der Waals surface area contributed by atoms with Gasteiger partial charge in [0.05, 0.1) is 23.0 Å². The maximum absolute atomic E-state index is 6.25. The number of hydrogen-bond donors (Lipinski definition) is 1. The van der Waals surface area contributed by atoms with Crippen molar-refractivity contribution in [2.24, 2.45) is 12.8 Å². The lowest BCUT2D eigenvalue weighted by atomic mass is 10.1. The van der Waals surface area contributed by atoms with E-state index in [1.54, 1.807) is 10.9 Å². The van der Waals surface area contributed by atoms with Crippen LogP contribution < -0.4 is 5.73 Å². The van der Waals surface area contributed by atoms with Gasteiger partial charge in [-0.15, -0.1) is 0 Å². The summed E-state index contributed by atoms with van der Waals surface area (Å²) >= 11 is 8.05. The van der Waals surface area contributed by atoms with Crippen LogP contribution in [0.25, 0.3) is 0 Å². The van der Waals surface area contributed by atoms with Gasteiger partial charge in [0, 0.05) is 12.3 Å². The number of nitrogens with two attached hydrogens (primary N) is 1. The van der Waals surface area contributed by atoms with E-state index < -0.39 is 0 Å². The first-order chi connectivity index (χ1) is 7.20. The van der Waals surface area contributed by atoms with E-state index in [1.807, 2.05) is 18.8 Å². The summed E-state index contributed by atoms with van der Waals surface area (Å²) in [5.74, 6) is 1.22. The van der Waals surface area contributed by atoms with Gasteiger partial charge in [-0.2, -0.15) is 16.9 Å². The van der Waals surface area contributed by atoms with Crippen molar-refractivity contribution in [3.05, 3.63) is 16.9 Å². The number of aromatic nitrogens is 2. The van der Waals surface area contributed by atoms with Gasteiger partial charge in [0.1, 0.15) is 0 Å². The first-order valence-corrected chi connectivity index (χ1v) is 6.67. The van der Waals surface area contributed by atoms with Crippen LogP contribution in [0.1, 0.15) is 31.0 Å². The second-order valence-corrected chi connectivity index (χ2v) is 5.69. The summed E-state index contributed by atoms with van der Waals surface area (Å²) in [6.07, 6.45) is 5.45. The summed E-state index contributed by atoms with van der Waals surface area (Å²) < 4.78 is 1.79. The van der Waals surface area contributed by atoms with Crippen LogP contribution >= 0.6 is 23.4 Å². The molecule has 1 aromatic rings. The van der Waals surface area contributed by atoms with E-state index in [1.165, 1.54) is 25.0 Å². The minimum atomic E-state index is 0.00954. The third kappa shape index (κ3) is 2.32. The molecule has 15 heavy (non-hydrogen) atoms. The molecule has 0 spiro atoms. The number of halogens is 1. The summed E-state index contributed by atoms with van der Waals surface area (Å²) in [5, 5.41) is 5.31. The van der Waals surface area contributed by atoms with Crippen molar-refractivity contribution in [3.63, 3.8) is 0 Å². The molecule has 0 bridgehead atoms. The van der Waals surface area contributed by atoms with Gasteiger partial charge < -0.3 is 5.73 Å². The number of rotatable bonds is 2. The quantitative estimate of drug-likeness (QED) is 0.870. The molecule has 2 unspecified atom stereocenters. The molecule has 0 amide bonds.